The molecule has 1 amide bonds. The first kappa shape index (κ1) is 18.4. The highest BCUT2D eigenvalue weighted by Crippen LogP contribution is 2.36. The second-order valence-electron chi connectivity index (χ2n) is 6.81. The Kier molecular flexibility index (Phi) is 5.91. The fraction of sp³-hybridized carbons (Fsp3) is 0.550. The van der Waals surface area contributed by atoms with Gasteiger partial charge in [0.1, 0.15) is 11.3 Å². The van der Waals surface area contributed by atoms with Crippen LogP contribution in [0.2, 0.25) is 0 Å². The lowest BCUT2D eigenvalue weighted by atomic mass is 9.81. The molecular formula is C20H27N3O3. The van der Waals surface area contributed by atoms with Gasteiger partial charge >= 0.3 is 0 Å². The van der Waals surface area contributed by atoms with Crippen LogP contribution in [0, 0.1) is 0 Å². The molecule has 3 rings (SSSR count). The fourth-order valence-corrected chi connectivity index (χ4v) is 3.51. The number of nitrogens with one attached hydrogen (secondary N) is 1. The predicted molar refractivity (Wildman–Crippen MR) is 97.9 cm³/mol. The van der Waals surface area contributed by atoms with Crippen LogP contribution in [0.4, 0.5) is 0 Å². The van der Waals surface area contributed by atoms with Crippen LogP contribution in [0.25, 0.3) is 0 Å². The Morgan fingerprint density at radius 3 is 2.54 bits per heavy atom. The van der Waals surface area contributed by atoms with Crippen LogP contribution >= 0.6 is 0 Å². The summed E-state index contributed by atoms with van der Waals surface area (Å²) in [7, 11) is 0. The zero-order chi connectivity index (χ0) is 18.4. The Morgan fingerprint density at radius 1 is 1.19 bits per heavy atom. The lowest BCUT2D eigenvalue weighted by molar-refractivity contribution is -0.123. The third-order valence-electron chi connectivity index (χ3n) is 4.88. The van der Waals surface area contributed by atoms with Crippen molar-refractivity contribution in [2.75, 3.05) is 6.61 Å². The van der Waals surface area contributed by atoms with E-state index in [1.54, 1.807) is 0 Å². The van der Waals surface area contributed by atoms with Gasteiger partial charge in [0.25, 0.3) is 5.89 Å². The molecule has 6 heteroatoms. The van der Waals surface area contributed by atoms with Gasteiger partial charge in [-0.1, -0.05) is 43.5 Å². The summed E-state index contributed by atoms with van der Waals surface area (Å²) in [6.07, 6.45) is 6.00. The summed E-state index contributed by atoms with van der Waals surface area (Å²) >= 11 is 0. The molecule has 1 aromatic carbocycles. The number of rotatable bonds is 7. The van der Waals surface area contributed by atoms with Gasteiger partial charge in [-0.25, -0.2) is 0 Å². The molecule has 1 heterocycles. The maximum absolute atomic E-state index is 12.7. The summed E-state index contributed by atoms with van der Waals surface area (Å²) in [4.78, 5) is 17.2. The summed E-state index contributed by atoms with van der Waals surface area (Å²) in [6, 6.07) is 7.65. The molecule has 26 heavy (non-hydrogen) atoms. The van der Waals surface area contributed by atoms with Crippen LogP contribution in [0.1, 0.15) is 63.2 Å². The van der Waals surface area contributed by atoms with Crippen molar-refractivity contribution in [1.29, 1.82) is 0 Å². The molecule has 0 unspecified atom stereocenters. The Hall–Kier alpha value is -2.37. The van der Waals surface area contributed by atoms with Gasteiger partial charge in [0.15, 0.2) is 5.82 Å². The average molecular weight is 357 g/mol. The van der Waals surface area contributed by atoms with Crippen LogP contribution in [0.3, 0.4) is 0 Å². The molecule has 0 spiro atoms. The van der Waals surface area contributed by atoms with Crippen molar-refractivity contribution in [3.05, 3.63) is 41.5 Å². The van der Waals surface area contributed by atoms with Crippen molar-refractivity contribution in [2.24, 2.45) is 0 Å². The van der Waals surface area contributed by atoms with Crippen LogP contribution in [0.15, 0.2) is 28.8 Å². The summed E-state index contributed by atoms with van der Waals surface area (Å²) < 4.78 is 10.9. The molecule has 2 aromatic rings. The van der Waals surface area contributed by atoms with Gasteiger partial charge in [-0.15, -0.1) is 0 Å². The Balaban J connectivity index is 1.71. The minimum atomic E-state index is -0.527. The third-order valence-corrected chi connectivity index (χ3v) is 4.88. The van der Waals surface area contributed by atoms with Crippen LogP contribution in [0.5, 0.6) is 5.75 Å². The Labute approximate surface area is 154 Å². The van der Waals surface area contributed by atoms with Gasteiger partial charge in [-0.3, -0.25) is 4.79 Å². The van der Waals surface area contributed by atoms with E-state index in [0.29, 0.717) is 24.7 Å². The lowest BCUT2D eigenvalue weighted by Gasteiger charge is -2.34. The number of amides is 1. The van der Waals surface area contributed by atoms with Gasteiger partial charge < -0.3 is 14.6 Å². The largest absolute Gasteiger partial charge is 0.494 e. The highest BCUT2D eigenvalue weighted by molar-refractivity contribution is 5.79. The molecule has 140 valence electrons. The van der Waals surface area contributed by atoms with E-state index in [1.165, 1.54) is 6.42 Å². The average Bonchev–Trinajstić information content (AvgIpc) is 3.14. The monoisotopic (exact) mass is 357 g/mol. The lowest BCUT2D eigenvalue weighted by Crippen LogP contribution is -2.48. The molecule has 0 radical (unpaired) electrons. The molecule has 1 aromatic heterocycles. The molecule has 0 atom stereocenters. The first-order valence-electron chi connectivity index (χ1n) is 9.51. The van der Waals surface area contributed by atoms with Crippen LogP contribution in [-0.2, 0) is 23.2 Å². The van der Waals surface area contributed by atoms with Crippen molar-refractivity contribution in [2.45, 2.75) is 64.3 Å². The van der Waals surface area contributed by atoms with Crippen molar-refractivity contribution in [3.8, 4) is 5.75 Å². The summed E-state index contributed by atoms with van der Waals surface area (Å²) in [5.74, 6) is 2.03. The zero-order valence-corrected chi connectivity index (χ0v) is 15.6. The van der Waals surface area contributed by atoms with E-state index in [4.69, 9.17) is 9.26 Å². The fourth-order valence-electron chi connectivity index (χ4n) is 3.51. The second kappa shape index (κ2) is 8.34. The molecule has 1 N–H and O–H groups in total. The number of aryl methyl sites for hydroxylation is 1. The topological polar surface area (TPSA) is 77.2 Å². The van der Waals surface area contributed by atoms with E-state index in [2.05, 4.69) is 15.5 Å². The van der Waals surface area contributed by atoms with Crippen molar-refractivity contribution in [1.82, 2.24) is 15.5 Å². The zero-order valence-electron chi connectivity index (χ0n) is 15.6. The van der Waals surface area contributed by atoms with Gasteiger partial charge in [-0.05, 0) is 37.5 Å². The van der Waals surface area contributed by atoms with Crippen molar-refractivity contribution in [3.63, 3.8) is 0 Å². The first-order valence-corrected chi connectivity index (χ1v) is 9.51. The second-order valence-corrected chi connectivity index (χ2v) is 6.81. The van der Waals surface area contributed by atoms with Gasteiger partial charge in [-0.2, -0.15) is 4.98 Å². The predicted octanol–water partition coefficient (Wildman–Crippen LogP) is 3.55. The summed E-state index contributed by atoms with van der Waals surface area (Å²) in [5, 5.41) is 7.23. The maximum atomic E-state index is 12.7. The molecule has 0 bridgehead atoms. The Morgan fingerprint density at radius 2 is 1.92 bits per heavy atom. The molecule has 6 nitrogen and oxygen atoms in total. The quantitative estimate of drug-likeness (QED) is 0.820. The minimum Gasteiger partial charge on any atom is -0.494 e. The normalized spacial score (nSPS) is 16.2. The molecule has 1 aliphatic rings. The molecule has 1 saturated carbocycles. The van der Waals surface area contributed by atoms with Crippen LogP contribution in [-0.4, -0.2) is 22.7 Å². The number of ether oxygens (including phenoxy) is 1. The molecular weight excluding hydrogens is 330 g/mol. The highest BCUT2D eigenvalue weighted by atomic mass is 16.5. The number of carbonyl (C=O) groups is 1. The minimum absolute atomic E-state index is 0.0210. The highest BCUT2D eigenvalue weighted by Gasteiger charge is 2.40. The third kappa shape index (κ3) is 4.23. The van der Waals surface area contributed by atoms with E-state index in [0.717, 1.165) is 43.4 Å². The van der Waals surface area contributed by atoms with Crippen LogP contribution < -0.4 is 10.1 Å². The van der Waals surface area contributed by atoms with Gasteiger partial charge in [0.2, 0.25) is 5.91 Å². The van der Waals surface area contributed by atoms with E-state index >= 15 is 0 Å². The molecule has 0 saturated heterocycles. The van der Waals surface area contributed by atoms with Gasteiger partial charge in [0.05, 0.1) is 13.0 Å². The van der Waals surface area contributed by atoms with Crippen molar-refractivity contribution < 1.29 is 14.1 Å². The molecule has 1 fully saturated rings. The first-order chi connectivity index (χ1) is 12.6. The SMILES string of the molecule is CCOc1ccc(CC(=O)NC2(c3nc(CC)no3)CCCCC2)cc1. The number of nitrogens with zero attached hydrogens (tertiary/aromatic N) is 2. The number of carbonyl (C=O) groups excluding carboxylic acids is 1. The number of benzene rings is 1. The summed E-state index contributed by atoms with van der Waals surface area (Å²) in [6.45, 7) is 4.57. The smallest absolute Gasteiger partial charge is 0.252 e. The molecule has 0 aliphatic heterocycles. The van der Waals surface area contributed by atoms with E-state index in [-0.39, 0.29) is 5.91 Å². The Bertz CT molecular complexity index is 718. The number of hydrogen-bond donors (Lipinski definition) is 1. The van der Waals surface area contributed by atoms with E-state index < -0.39 is 5.54 Å². The standard InChI is InChI=1S/C20H27N3O3/c1-3-17-21-19(26-23-17)20(12-6-5-7-13-20)22-18(24)14-15-8-10-16(11-9-15)25-4-2/h8-11H,3-7,12-14H2,1-2H3,(H,22,24). The summed E-state index contributed by atoms with van der Waals surface area (Å²) in [5.41, 5.74) is 0.428. The van der Waals surface area contributed by atoms with E-state index in [1.807, 2.05) is 38.1 Å². The van der Waals surface area contributed by atoms with E-state index in [9.17, 15) is 4.79 Å². The molecule has 1 aliphatic carbocycles. The number of hydrogen-bond acceptors (Lipinski definition) is 5. The van der Waals surface area contributed by atoms with Gasteiger partial charge in [0, 0.05) is 6.42 Å². The number of aromatic nitrogens is 2. The van der Waals surface area contributed by atoms with Crippen molar-refractivity contribution >= 4 is 5.91 Å². The maximum Gasteiger partial charge on any atom is 0.252 e.